The molecule has 0 spiro atoms. The van der Waals surface area contributed by atoms with Crippen LogP contribution in [0.4, 0.5) is 17.1 Å². The van der Waals surface area contributed by atoms with Gasteiger partial charge in [0.2, 0.25) is 0 Å². The standard InChI is InChI=1S/C16H22N4O4/c1-12-3-2-8-18(12)13-6-9-17(10-7-13)15-5-4-14(19(21)22)11-16(15)20(23)24/h4-5,11-13H,2-3,6-10H2,1H3. The maximum atomic E-state index is 11.3. The molecule has 0 saturated carbocycles. The molecule has 0 aromatic heterocycles. The molecule has 1 aromatic rings. The maximum Gasteiger partial charge on any atom is 0.299 e. The predicted octanol–water partition coefficient (Wildman–Crippen LogP) is 2.96. The number of nitro benzene ring substituents is 2. The van der Waals surface area contributed by atoms with Crippen LogP contribution in [0, 0.1) is 20.2 Å². The van der Waals surface area contributed by atoms with Crippen LogP contribution in [-0.4, -0.2) is 46.5 Å². The van der Waals surface area contributed by atoms with Gasteiger partial charge in [0.1, 0.15) is 5.69 Å². The molecule has 3 rings (SSSR count). The van der Waals surface area contributed by atoms with Crippen molar-refractivity contribution in [2.45, 2.75) is 44.7 Å². The molecule has 0 radical (unpaired) electrons. The molecule has 2 aliphatic heterocycles. The second kappa shape index (κ2) is 6.72. The number of rotatable bonds is 4. The number of piperidine rings is 1. The second-order valence-corrected chi connectivity index (χ2v) is 6.63. The molecule has 0 bridgehead atoms. The van der Waals surface area contributed by atoms with Crippen LogP contribution in [0.1, 0.15) is 32.6 Å². The van der Waals surface area contributed by atoms with E-state index in [0.717, 1.165) is 38.5 Å². The van der Waals surface area contributed by atoms with Crippen molar-refractivity contribution in [2.24, 2.45) is 0 Å². The molecule has 2 fully saturated rings. The van der Waals surface area contributed by atoms with Crippen LogP contribution in [0.3, 0.4) is 0 Å². The minimum Gasteiger partial charge on any atom is -0.366 e. The van der Waals surface area contributed by atoms with Gasteiger partial charge < -0.3 is 4.90 Å². The number of nitro groups is 2. The van der Waals surface area contributed by atoms with E-state index in [-0.39, 0.29) is 11.4 Å². The van der Waals surface area contributed by atoms with Gasteiger partial charge in [-0.25, -0.2) is 0 Å². The quantitative estimate of drug-likeness (QED) is 0.621. The second-order valence-electron chi connectivity index (χ2n) is 6.63. The lowest BCUT2D eigenvalue weighted by Gasteiger charge is -2.39. The zero-order chi connectivity index (χ0) is 17.3. The summed E-state index contributed by atoms with van der Waals surface area (Å²) in [5.41, 5.74) is 0.0574. The first-order chi connectivity index (χ1) is 11.5. The van der Waals surface area contributed by atoms with Crippen LogP contribution >= 0.6 is 0 Å². The number of non-ortho nitro benzene ring substituents is 1. The lowest BCUT2D eigenvalue weighted by Crippen LogP contribution is -2.46. The highest BCUT2D eigenvalue weighted by Crippen LogP contribution is 2.35. The van der Waals surface area contributed by atoms with E-state index in [1.165, 1.54) is 25.0 Å². The number of anilines is 1. The van der Waals surface area contributed by atoms with Gasteiger partial charge in [-0.05, 0) is 45.2 Å². The molecule has 8 heteroatoms. The molecule has 1 aromatic carbocycles. The molecular weight excluding hydrogens is 312 g/mol. The summed E-state index contributed by atoms with van der Waals surface area (Å²) in [7, 11) is 0. The Morgan fingerprint density at radius 1 is 1.04 bits per heavy atom. The SMILES string of the molecule is CC1CCCN1C1CCN(c2ccc([N+](=O)[O-])cc2[N+](=O)[O-])CC1. The van der Waals surface area contributed by atoms with E-state index in [1.807, 2.05) is 4.90 Å². The zero-order valence-corrected chi connectivity index (χ0v) is 13.8. The van der Waals surface area contributed by atoms with Gasteiger partial charge in [-0.15, -0.1) is 0 Å². The zero-order valence-electron chi connectivity index (χ0n) is 13.8. The van der Waals surface area contributed by atoms with E-state index in [0.29, 0.717) is 17.8 Å². The highest BCUT2D eigenvalue weighted by Gasteiger charge is 2.32. The summed E-state index contributed by atoms with van der Waals surface area (Å²) in [4.78, 5) is 25.6. The fourth-order valence-electron chi connectivity index (χ4n) is 3.98. The molecule has 24 heavy (non-hydrogen) atoms. The minimum atomic E-state index is -0.599. The van der Waals surface area contributed by atoms with Crippen LogP contribution in [0.25, 0.3) is 0 Å². The Morgan fingerprint density at radius 2 is 1.75 bits per heavy atom. The smallest absolute Gasteiger partial charge is 0.299 e. The molecule has 2 heterocycles. The average Bonchev–Trinajstić information content (AvgIpc) is 3.00. The first-order valence-electron chi connectivity index (χ1n) is 8.41. The number of nitrogens with zero attached hydrogens (tertiary/aromatic N) is 4. The van der Waals surface area contributed by atoms with Crippen molar-refractivity contribution >= 4 is 17.1 Å². The fraction of sp³-hybridized carbons (Fsp3) is 0.625. The van der Waals surface area contributed by atoms with E-state index in [2.05, 4.69) is 11.8 Å². The Morgan fingerprint density at radius 3 is 2.29 bits per heavy atom. The summed E-state index contributed by atoms with van der Waals surface area (Å²) in [5, 5.41) is 22.2. The molecule has 1 atom stereocenters. The Kier molecular flexibility index (Phi) is 4.66. The van der Waals surface area contributed by atoms with Crippen molar-refractivity contribution in [3.63, 3.8) is 0 Å². The molecular formula is C16H22N4O4. The van der Waals surface area contributed by atoms with Crippen LogP contribution in [0.2, 0.25) is 0 Å². The summed E-state index contributed by atoms with van der Waals surface area (Å²) in [6, 6.07) is 5.07. The highest BCUT2D eigenvalue weighted by atomic mass is 16.6. The maximum absolute atomic E-state index is 11.3. The summed E-state index contributed by atoms with van der Waals surface area (Å²) >= 11 is 0. The van der Waals surface area contributed by atoms with E-state index in [1.54, 1.807) is 0 Å². The first kappa shape index (κ1) is 16.6. The van der Waals surface area contributed by atoms with Crippen LogP contribution in [-0.2, 0) is 0 Å². The third-order valence-electron chi connectivity index (χ3n) is 5.25. The van der Waals surface area contributed by atoms with Gasteiger partial charge in [0, 0.05) is 31.2 Å². The number of hydrogen-bond donors (Lipinski definition) is 0. The number of likely N-dealkylation sites (tertiary alicyclic amines) is 1. The first-order valence-corrected chi connectivity index (χ1v) is 8.41. The molecule has 2 saturated heterocycles. The summed E-state index contributed by atoms with van der Waals surface area (Å²) < 4.78 is 0. The Hall–Kier alpha value is -2.22. The Bertz CT molecular complexity index is 643. The van der Waals surface area contributed by atoms with Crippen molar-refractivity contribution in [3.8, 4) is 0 Å². The van der Waals surface area contributed by atoms with Gasteiger partial charge in [0.05, 0.1) is 15.9 Å². The van der Waals surface area contributed by atoms with Crippen LogP contribution < -0.4 is 4.90 Å². The Balaban J connectivity index is 1.74. The number of hydrogen-bond acceptors (Lipinski definition) is 6. The van der Waals surface area contributed by atoms with Gasteiger partial charge in [0.25, 0.3) is 11.4 Å². The van der Waals surface area contributed by atoms with Crippen molar-refractivity contribution < 1.29 is 9.85 Å². The van der Waals surface area contributed by atoms with Gasteiger partial charge in [-0.3, -0.25) is 25.1 Å². The lowest BCUT2D eigenvalue weighted by atomic mass is 10.0. The average molecular weight is 334 g/mol. The normalized spacial score (nSPS) is 22.7. The monoisotopic (exact) mass is 334 g/mol. The van der Waals surface area contributed by atoms with Crippen LogP contribution in [0.15, 0.2) is 18.2 Å². The molecule has 0 aliphatic carbocycles. The topological polar surface area (TPSA) is 92.8 Å². The van der Waals surface area contributed by atoms with Crippen molar-refractivity contribution in [3.05, 3.63) is 38.4 Å². The molecule has 0 N–H and O–H groups in total. The third-order valence-corrected chi connectivity index (χ3v) is 5.25. The molecule has 2 aliphatic rings. The van der Waals surface area contributed by atoms with Crippen molar-refractivity contribution in [2.75, 3.05) is 24.5 Å². The molecule has 8 nitrogen and oxygen atoms in total. The minimum absolute atomic E-state index is 0.183. The van der Waals surface area contributed by atoms with E-state index < -0.39 is 9.85 Å². The van der Waals surface area contributed by atoms with Gasteiger partial charge >= 0.3 is 0 Å². The van der Waals surface area contributed by atoms with Crippen molar-refractivity contribution in [1.82, 2.24) is 4.90 Å². The van der Waals surface area contributed by atoms with E-state index in [4.69, 9.17) is 0 Å². The predicted molar refractivity (Wildman–Crippen MR) is 90.4 cm³/mol. The van der Waals surface area contributed by atoms with E-state index >= 15 is 0 Å². The highest BCUT2D eigenvalue weighted by molar-refractivity contribution is 5.67. The molecule has 1 unspecified atom stereocenters. The van der Waals surface area contributed by atoms with Crippen LogP contribution in [0.5, 0.6) is 0 Å². The van der Waals surface area contributed by atoms with Gasteiger partial charge in [0.15, 0.2) is 0 Å². The third kappa shape index (κ3) is 3.19. The Labute approximate surface area is 140 Å². The van der Waals surface area contributed by atoms with Gasteiger partial charge in [-0.1, -0.05) is 0 Å². The largest absolute Gasteiger partial charge is 0.366 e. The summed E-state index contributed by atoms with van der Waals surface area (Å²) in [6.45, 7) is 4.89. The summed E-state index contributed by atoms with van der Waals surface area (Å²) in [6.07, 6.45) is 4.43. The summed E-state index contributed by atoms with van der Waals surface area (Å²) in [5.74, 6) is 0. The molecule has 0 amide bonds. The molecule has 130 valence electrons. The number of benzene rings is 1. The fourth-order valence-corrected chi connectivity index (χ4v) is 3.98. The van der Waals surface area contributed by atoms with E-state index in [9.17, 15) is 20.2 Å². The van der Waals surface area contributed by atoms with Crippen molar-refractivity contribution in [1.29, 1.82) is 0 Å². The van der Waals surface area contributed by atoms with Gasteiger partial charge in [-0.2, -0.15) is 0 Å². The lowest BCUT2D eigenvalue weighted by molar-refractivity contribution is -0.393.